The van der Waals surface area contributed by atoms with E-state index in [1.165, 1.54) is 28.6 Å². The van der Waals surface area contributed by atoms with Crippen molar-refractivity contribution in [2.45, 2.75) is 32.2 Å². The van der Waals surface area contributed by atoms with Gasteiger partial charge in [0.25, 0.3) is 0 Å². The summed E-state index contributed by atoms with van der Waals surface area (Å²) in [7, 11) is 0. The molecule has 0 saturated carbocycles. The minimum Gasteiger partial charge on any atom is -0.309 e. The van der Waals surface area contributed by atoms with Crippen molar-refractivity contribution in [2.24, 2.45) is 5.92 Å². The fourth-order valence-electron chi connectivity index (χ4n) is 2.04. The van der Waals surface area contributed by atoms with Crippen molar-refractivity contribution >= 4 is 27.3 Å². The van der Waals surface area contributed by atoms with Crippen LogP contribution in [0.1, 0.15) is 37.1 Å². The molecule has 1 aliphatic rings. The van der Waals surface area contributed by atoms with Crippen LogP contribution in [0.2, 0.25) is 0 Å². The quantitative estimate of drug-likeness (QED) is 0.806. The lowest BCUT2D eigenvalue weighted by Gasteiger charge is -2.20. The van der Waals surface area contributed by atoms with Crippen LogP contribution >= 0.6 is 27.3 Å². The van der Waals surface area contributed by atoms with Gasteiger partial charge in [-0.2, -0.15) is 0 Å². The van der Waals surface area contributed by atoms with Gasteiger partial charge in [0.1, 0.15) is 0 Å². The Labute approximate surface area is 110 Å². The topological polar surface area (TPSA) is 12.0 Å². The monoisotopic (exact) mass is 299 g/mol. The Hall–Kier alpha value is -0.120. The Kier molecular flexibility index (Phi) is 4.62. The fraction of sp³-hybridized carbons (Fsp3) is 0.538. The molecule has 2 rings (SSSR count). The van der Waals surface area contributed by atoms with Crippen LogP contribution < -0.4 is 5.32 Å². The maximum absolute atomic E-state index is 3.64. The molecule has 0 amide bonds. The molecule has 0 aliphatic heterocycles. The van der Waals surface area contributed by atoms with Gasteiger partial charge in [0.05, 0.1) is 0 Å². The maximum Gasteiger partial charge on any atom is 0.0386 e. The van der Waals surface area contributed by atoms with Crippen molar-refractivity contribution in [3.05, 3.63) is 32.9 Å². The molecular weight excluding hydrogens is 282 g/mol. The molecule has 0 spiro atoms. The number of nitrogens with one attached hydrogen (secondary N) is 1. The molecule has 1 aromatic heterocycles. The van der Waals surface area contributed by atoms with Gasteiger partial charge in [0.15, 0.2) is 0 Å². The van der Waals surface area contributed by atoms with Gasteiger partial charge in [-0.05, 0) is 60.6 Å². The lowest BCUT2D eigenvalue weighted by atomic mass is 9.94. The van der Waals surface area contributed by atoms with Gasteiger partial charge >= 0.3 is 0 Å². The molecule has 0 aromatic carbocycles. The number of hydrogen-bond donors (Lipinski definition) is 1. The average molecular weight is 300 g/mol. The first kappa shape index (κ1) is 12.3. The number of rotatable bonds is 4. The Balaban J connectivity index is 1.79. The van der Waals surface area contributed by atoms with Crippen LogP contribution in [0.4, 0.5) is 0 Å². The van der Waals surface area contributed by atoms with Crippen LogP contribution in [-0.2, 0) is 0 Å². The smallest absolute Gasteiger partial charge is 0.0386 e. The van der Waals surface area contributed by atoms with Crippen molar-refractivity contribution in [3.63, 3.8) is 0 Å². The first-order valence-electron chi connectivity index (χ1n) is 5.88. The van der Waals surface area contributed by atoms with E-state index in [9.17, 15) is 0 Å². The number of hydrogen-bond acceptors (Lipinski definition) is 2. The zero-order valence-electron chi connectivity index (χ0n) is 9.58. The second kappa shape index (κ2) is 5.99. The normalized spacial score (nSPS) is 22.2. The van der Waals surface area contributed by atoms with E-state index in [2.05, 4.69) is 51.8 Å². The zero-order valence-corrected chi connectivity index (χ0v) is 12.0. The van der Waals surface area contributed by atoms with E-state index >= 15 is 0 Å². The minimum atomic E-state index is 0.474. The molecule has 1 heterocycles. The van der Waals surface area contributed by atoms with Gasteiger partial charge in [-0.1, -0.05) is 12.2 Å². The van der Waals surface area contributed by atoms with Gasteiger partial charge in [-0.15, -0.1) is 11.3 Å². The third-order valence-corrected chi connectivity index (χ3v) is 4.98. The number of halogens is 1. The fourth-order valence-corrected chi connectivity index (χ4v) is 3.52. The molecule has 88 valence electrons. The van der Waals surface area contributed by atoms with Crippen molar-refractivity contribution < 1.29 is 0 Å². The Morgan fingerprint density at radius 2 is 2.44 bits per heavy atom. The second-order valence-electron chi connectivity index (χ2n) is 4.45. The lowest BCUT2D eigenvalue weighted by Crippen LogP contribution is -2.25. The van der Waals surface area contributed by atoms with Crippen LogP contribution in [0.5, 0.6) is 0 Å². The molecule has 1 N–H and O–H groups in total. The molecular formula is C13H18BrNS. The van der Waals surface area contributed by atoms with E-state index in [1.807, 2.05) is 11.3 Å². The van der Waals surface area contributed by atoms with Crippen LogP contribution in [-0.4, -0.2) is 6.54 Å². The molecule has 2 atom stereocenters. The SMILES string of the molecule is CC(NCC1CC=CCC1)c1cc(Br)cs1. The van der Waals surface area contributed by atoms with Gasteiger partial charge in [-0.25, -0.2) is 0 Å². The molecule has 0 radical (unpaired) electrons. The highest BCUT2D eigenvalue weighted by atomic mass is 79.9. The molecule has 16 heavy (non-hydrogen) atoms. The maximum atomic E-state index is 3.64. The lowest BCUT2D eigenvalue weighted by molar-refractivity contribution is 0.417. The molecule has 0 fully saturated rings. The predicted molar refractivity (Wildman–Crippen MR) is 74.9 cm³/mol. The summed E-state index contributed by atoms with van der Waals surface area (Å²) < 4.78 is 1.20. The van der Waals surface area contributed by atoms with E-state index in [0.717, 1.165) is 12.5 Å². The summed E-state index contributed by atoms with van der Waals surface area (Å²) in [6, 6.07) is 2.69. The summed E-state index contributed by atoms with van der Waals surface area (Å²) in [5.41, 5.74) is 0. The van der Waals surface area contributed by atoms with Crippen molar-refractivity contribution in [2.75, 3.05) is 6.54 Å². The van der Waals surface area contributed by atoms with E-state index in [-0.39, 0.29) is 0 Å². The highest BCUT2D eigenvalue weighted by molar-refractivity contribution is 9.10. The van der Waals surface area contributed by atoms with Crippen molar-refractivity contribution in [1.29, 1.82) is 0 Å². The summed E-state index contributed by atoms with van der Waals surface area (Å²) >= 11 is 5.32. The van der Waals surface area contributed by atoms with Crippen molar-refractivity contribution in [1.82, 2.24) is 5.32 Å². The van der Waals surface area contributed by atoms with Crippen LogP contribution in [0.3, 0.4) is 0 Å². The standard InChI is InChI=1S/C13H18BrNS/c1-10(13-7-12(14)9-16-13)15-8-11-5-3-2-4-6-11/h2-3,7,9-11,15H,4-6,8H2,1H3. The second-order valence-corrected chi connectivity index (χ2v) is 6.31. The zero-order chi connectivity index (χ0) is 11.4. The van der Waals surface area contributed by atoms with Gasteiger partial charge in [0, 0.05) is 20.8 Å². The van der Waals surface area contributed by atoms with E-state index in [4.69, 9.17) is 0 Å². The first-order chi connectivity index (χ1) is 7.75. The minimum absolute atomic E-state index is 0.474. The number of thiophene rings is 1. The summed E-state index contributed by atoms with van der Waals surface area (Å²) in [5.74, 6) is 0.829. The molecule has 0 bridgehead atoms. The third kappa shape index (κ3) is 3.44. The van der Waals surface area contributed by atoms with Crippen LogP contribution in [0, 0.1) is 5.92 Å². The Morgan fingerprint density at radius 3 is 3.06 bits per heavy atom. The summed E-state index contributed by atoms with van der Waals surface area (Å²) in [4.78, 5) is 1.42. The molecule has 0 saturated heterocycles. The van der Waals surface area contributed by atoms with E-state index in [0.29, 0.717) is 6.04 Å². The van der Waals surface area contributed by atoms with Gasteiger partial charge < -0.3 is 5.32 Å². The summed E-state index contributed by atoms with van der Waals surface area (Å²) in [6.07, 6.45) is 8.46. The summed E-state index contributed by atoms with van der Waals surface area (Å²) in [5, 5.41) is 5.79. The van der Waals surface area contributed by atoms with E-state index < -0.39 is 0 Å². The number of allylic oxidation sites excluding steroid dienone is 2. The van der Waals surface area contributed by atoms with Crippen LogP contribution in [0.25, 0.3) is 0 Å². The highest BCUT2D eigenvalue weighted by Gasteiger charge is 2.12. The molecule has 1 aliphatic carbocycles. The largest absolute Gasteiger partial charge is 0.309 e. The molecule has 3 heteroatoms. The van der Waals surface area contributed by atoms with Crippen LogP contribution in [0.15, 0.2) is 28.1 Å². The molecule has 1 nitrogen and oxygen atoms in total. The Bertz CT molecular complexity index is 359. The average Bonchev–Trinajstić information content (AvgIpc) is 2.74. The Morgan fingerprint density at radius 1 is 1.56 bits per heavy atom. The van der Waals surface area contributed by atoms with E-state index in [1.54, 1.807) is 0 Å². The predicted octanol–water partition coefficient (Wildman–Crippen LogP) is 4.52. The first-order valence-corrected chi connectivity index (χ1v) is 7.55. The van der Waals surface area contributed by atoms with Gasteiger partial charge in [-0.3, -0.25) is 0 Å². The highest BCUT2D eigenvalue weighted by Crippen LogP contribution is 2.26. The summed E-state index contributed by atoms with van der Waals surface area (Å²) in [6.45, 7) is 3.39. The van der Waals surface area contributed by atoms with Gasteiger partial charge in [0.2, 0.25) is 0 Å². The third-order valence-electron chi connectivity index (χ3n) is 3.10. The van der Waals surface area contributed by atoms with Crippen molar-refractivity contribution in [3.8, 4) is 0 Å². The molecule has 1 aromatic rings. The molecule has 2 unspecified atom stereocenters.